The van der Waals surface area contributed by atoms with Gasteiger partial charge in [0.2, 0.25) is 0 Å². The van der Waals surface area contributed by atoms with Gasteiger partial charge in [0.15, 0.2) is 0 Å². The third-order valence-corrected chi connectivity index (χ3v) is 4.83. The fraction of sp³-hybridized carbons (Fsp3) is 0.0435. The Hall–Kier alpha value is -3.06. The van der Waals surface area contributed by atoms with Gasteiger partial charge in [0, 0.05) is 16.5 Å². The maximum absolute atomic E-state index is 2.37. The van der Waals surface area contributed by atoms with Crippen molar-refractivity contribution in [2.75, 3.05) is 0 Å². The van der Waals surface area contributed by atoms with E-state index in [1.807, 2.05) is 0 Å². The summed E-state index contributed by atoms with van der Waals surface area (Å²) in [5.74, 6) is 0. The van der Waals surface area contributed by atoms with Gasteiger partial charge < -0.3 is 4.57 Å². The Morgan fingerprint density at radius 3 is 2.33 bits per heavy atom. The molecule has 0 N–H and O–H groups in total. The first-order chi connectivity index (χ1) is 11.9. The highest BCUT2D eigenvalue weighted by Crippen LogP contribution is 2.34. The Kier molecular flexibility index (Phi) is 2.92. The highest BCUT2D eigenvalue weighted by Gasteiger charge is 2.13. The summed E-state index contributed by atoms with van der Waals surface area (Å²) >= 11 is 0. The van der Waals surface area contributed by atoms with E-state index >= 15 is 0 Å². The SMILES string of the molecule is C1=CCC(c2ccc3c4ccccc4n(-c4ccccc4)c3c2)=C1. The molecule has 5 rings (SSSR count). The number of nitrogens with zero attached hydrogens (tertiary/aromatic N) is 1. The number of hydrogen-bond acceptors (Lipinski definition) is 0. The van der Waals surface area contributed by atoms with Crippen molar-refractivity contribution in [1.29, 1.82) is 0 Å². The lowest BCUT2D eigenvalue weighted by atomic mass is 10.0. The van der Waals surface area contributed by atoms with E-state index < -0.39 is 0 Å². The van der Waals surface area contributed by atoms with E-state index in [0.717, 1.165) is 6.42 Å². The lowest BCUT2D eigenvalue weighted by Crippen LogP contribution is -1.93. The Labute approximate surface area is 141 Å². The largest absolute Gasteiger partial charge is 0.309 e. The Morgan fingerprint density at radius 2 is 1.50 bits per heavy atom. The summed E-state index contributed by atoms with van der Waals surface area (Å²) in [7, 11) is 0. The third kappa shape index (κ3) is 1.95. The summed E-state index contributed by atoms with van der Waals surface area (Å²) < 4.78 is 2.37. The molecule has 0 aliphatic heterocycles. The summed E-state index contributed by atoms with van der Waals surface area (Å²) in [6, 6.07) is 26.1. The van der Waals surface area contributed by atoms with Gasteiger partial charge in [-0.3, -0.25) is 0 Å². The first-order valence-electron chi connectivity index (χ1n) is 8.36. The number of rotatable bonds is 2. The molecule has 1 heterocycles. The molecule has 1 aliphatic rings. The van der Waals surface area contributed by atoms with Crippen molar-refractivity contribution in [2.24, 2.45) is 0 Å². The van der Waals surface area contributed by atoms with Crippen LogP contribution in [0.3, 0.4) is 0 Å². The average molecular weight is 307 g/mol. The van der Waals surface area contributed by atoms with Crippen LogP contribution in [0.1, 0.15) is 12.0 Å². The van der Waals surface area contributed by atoms with Crippen LogP contribution in [-0.2, 0) is 0 Å². The van der Waals surface area contributed by atoms with Gasteiger partial charge >= 0.3 is 0 Å². The lowest BCUT2D eigenvalue weighted by molar-refractivity contribution is 1.18. The van der Waals surface area contributed by atoms with Crippen LogP contribution >= 0.6 is 0 Å². The molecule has 0 radical (unpaired) electrons. The standard InChI is InChI=1S/C23H17N/c1-2-10-19(11-3-1)24-22-13-7-6-12-20(22)21-15-14-18(16-23(21)24)17-8-4-5-9-17/h1-8,10-16H,9H2. The van der Waals surface area contributed by atoms with E-state index in [-0.39, 0.29) is 0 Å². The van der Waals surface area contributed by atoms with E-state index in [9.17, 15) is 0 Å². The first kappa shape index (κ1) is 13.4. The minimum atomic E-state index is 1.02. The monoisotopic (exact) mass is 307 g/mol. The second-order valence-electron chi connectivity index (χ2n) is 6.24. The van der Waals surface area contributed by atoms with Crippen molar-refractivity contribution >= 4 is 27.4 Å². The predicted octanol–water partition coefficient (Wildman–Crippen LogP) is 6.13. The lowest BCUT2D eigenvalue weighted by Gasteiger charge is -2.09. The molecule has 1 aromatic heterocycles. The molecule has 1 nitrogen and oxygen atoms in total. The Balaban J connectivity index is 1.87. The van der Waals surface area contributed by atoms with Crippen LogP contribution in [0, 0.1) is 0 Å². The van der Waals surface area contributed by atoms with Gasteiger partial charge in [-0.2, -0.15) is 0 Å². The molecule has 0 saturated heterocycles. The van der Waals surface area contributed by atoms with E-state index in [1.54, 1.807) is 0 Å². The normalized spacial score (nSPS) is 13.8. The number of benzene rings is 3. The molecule has 24 heavy (non-hydrogen) atoms. The maximum Gasteiger partial charge on any atom is 0.0547 e. The molecule has 0 unspecified atom stereocenters. The van der Waals surface area contributed by atoms with Crippen LogP contribution < -0.4 is 0 Å². The molecule has 114 valence electrons. The first-order valence-corrected chi connectivity index (χ1v) is 8.36. The highest BCUT2D eigenvalue weighted by atomic mass is 15.0. The molecule has 4 aromatic rings. The van der Waals surface area contributed by atoms with Crippen LogP contribution in [0.15, 0.2) is 91.0 Å². The van der Waals surface area contributed by atoms with E-state index in [2.05, 4.69) is 95.6 Å². The molecule has 0 spiro atoms. The van der Waals surface area contributed by atoms with Crippen molar-refractivity contribution in [3.63, 3.8) is 0 Å². The van der Waals surface area contributed by atoms with Crippen LogP contribution in [-0.4, -0.2) is 4.57 Å². The highest BCUT2D eigenvalue weighted by molar-refractivity contribution is 6.09. The maximum atomic E-state index is 2.37. The summed E-state index contributed by atoms with van der Waals surface area (Å²) in [4.78, 5) is 0. The summed E-state index contributed by atoms with van der Waals surface area (Å²) in [5, 5.41) is 2.62. The minimum absolute atomic E-state index is 1.02. The Bertz CT molecular complexity index is 1110. The summed E-state index contributed by atoms with van der Waals surface area (Å²) in [5.41, 5.74) is 6.44. The molecular weight excluding hydrogens is 290 g/mol. The number of aromatic nitrogens is 1. The number of allylic oxidation sites excluding steroid dienone is 4. The van der Waals surface area contributed by atoms with Gasteiger partial charge in [-0.05, 0) is 41.8 Å². The van der Waals surface area contributed by atoms with E-state index in [1.165, 1.54) is 38.6 Å². The van der Waals surface area contributed by atoms with Gasteiger partial charge in [-0.25, -0.2) is 0 Å². The zero-order chi connectivity index (χ0) is 15.9. The molecular formula is C23H17N. The number of fused-ring (bicyclic) bond motifs is 3. The molecule has 0 amide bonds. The van der Waals surface area contributed by atoms with Gasteiger partial charge in [0.25, 0.3) is 0 Å². The number of hydrogen-bond donors (Lipinski definition) is 0. The molecule has 1 heteroatoms. The second kappa shape index (κ2) is 5.24. The van der Waals surface area contributed by atoms with E-state index in [4.69, 9.17) is 0 Å². The van der Waals surface area contributed by atoms with Crippen molar-refractivity contribution in [1.82, 2.24) is 4.57 Å². The van der Waals surface area contributed by atoms with Crippen LogP contribution in [0.25, 0.3) is 33.1 Å². The van der Waals surface area contributed by atoms with Crippen molar-refractivity contribution < 1.29 is 0 Å². The van der Waals surface area contributed by atoms with Crippen LogP contribution in [0.2, 0.25) is 0 Å². The smallest absolute Gasteiger partial charge is 0.0547 e. The topological polar surface area (TPSA) is 4.93 Å². The Morgan fingerprint density at radius 1 is 0.708 bits per heavy atom. The minimum Gasteiger partial charge on any atom is -0.309 e. The second-order valence-corrected chi connectivity index (χ2v) is 6.24. The van der Waals surface area contributed by atoms with Crippen LogP contribution in [0.5, 0.6) is 0 Å². The zero-order valence-corrected chi connectivity index (χ0v) is 13.3. The average Bonchev–Trinajstić information content (AvgIpc) is 3.28. The van der Waals surface area contributed by atoms with Gasteiger partial charge in [-0.15, -0.1) is 0 Å². The number of para-hydroxylation sites is 2. The van der Waals surface area contributed by atoms with Crippen LogP contribution in [0.4, 0.5) is 0 Å². The molecule has 0 atom stereocenters. The van der Waals surface area contributed by atoms with Gasteiger partial charge in [0.1, 0.15) is 0 Å². The summed E-state index contributed by atoms with van der Waals surface area (Å²) in [6.45, 7) is 0. The van der Waals surface area contributed by atoms with Crippen molar-refractivity contribution in [2.45, 2.75) is 6.42 Å². The fourth-order valence-corrected chi connectivity index (χ4v) is 3.69. The molecule has 3 aromatic carbocycles. The zero-order valence-electron chi connectivity index (χ0n) is 13.3. The van der Waals surface area contributed by atoms with Gasteiger partial charge in [-0.1, -0.05) is 66.8 Å². The summed E-state index contributed by atoms with van der Waals surface area (Å²) in [6.07, 6.45) is 7.60. The van der Waals surface area contributed by atoms with Crippen molar-refractivity contribution in [3.8, 4) is 5.69 Å². The fourth-order valence-electron chi connectivity index (χ4n) is 3.69. The molecule has 0 fully saturated rings. The van der Waals surface area contributed by atoms with Crippen molar-refractivity contribution in [3.05, 3.63) is 96.6 Å². The quantitative estimate of drug-likeness (QED) is 0.420. The van der Waals surface area contributed by atoms with E-state index in [0.29, 0.717) is 0 Å². The molecule has 0 saturated carbocycles. The molecule has 1 aliphatic carbocycles. The van der Waals surface area contributed by atoms with Gasteiger partial charge in [0.05, 0.1) is 11.0 Å². The molecule has 0 bridgehead atoms. The third-order valence-electron chi connectivity index (χ3n) is 4.83. The predicted molar refractivity (Wildman–Crippen MR) is 103 cm³/mol.